The minimum absolute atomic E-state index is 0.0217. The summed E-state index contributed by atoms with van der Waals surface area (Å²) in [5.41, 5.74) is 1.31. The van der Waals surface area contributed by atoms with Gasteiger partial charge in [-0.15, -0.1) is 0 Å². The lowest BCUT2D eigenvalue weighted by atomic mass is 9.96. The molecule has 1 atom stereocenters. The molecule has 1 fully saturated rings. The van der Waals surface area contributed by atoms with Crippen molar-refractivity contribution in [3.63, 3.8) is 0 Å². The Labute approximate surface area is 111 Å². The minimum Gasteiger partial charge on any atom is -0.294 e. The predicted molar refractivity (Wildman–Crippen MR) is 72.8 cm³/mol. The van der Waals surface area contributed by atoms with Gasteiger partial charge >= 0.3 is 0 Å². The third-order valence-corrected chi connectivity index (χ3v) is 5.26. The Morgan fingerprint density at radius 2 is 2.11 bits per heavy atom. The standard InChI is InChI=1S/C14H13NO3S/c16-14(12-5-7-19(17,18)9-12)11-4-3-10-2-1-6-15-13(10)8-11/h1-4,6,8,12H,5,7,9H2. The van der Waals surface area contributed by atoms with E-state index < -0.39 is 15.8 Å². The van der Waals surface area contributed by atoms with Crippen molar-refractivity contribution >= 4 is 26.5 Å². The number of nitrogens with zero attached hydrogens (tertiary/aromatic N) is 1. The van der Waals surface area contributed by atoms with Crippen LogP contribution in [0.2, 0.25) is 0 Å². The molecule has 0 amide bonds. The number of aromatic nitrogens is 1. The van der Waals surface area contributed by atoms with Crippen LogP contribution in [0.4, 0.5) is 0 Å². The number of sulfone groups is 1. The molecule has 0 N–H and O–H groups in total. The van der Waals surface area contributed by atoms with E-state index in [0.717, 1.165) is 10.9 Å². The van der Waals surface area contributed by atoms with E-state index in [-0.39, 0.29) is 17.3 Å². The number of hydrogen-bond acceptors (Lipinski definition) is 4. The first kappa shape index (κ1) is 12.3. The van der Waals surface area contributed by atoms with Gasteiger partial charge in [-0.3, -0.25) is 9.78 Å². The Balaban J connectivity index is 1.94. The summed E-state index contributed by atoms with van der Waals surface area (Å²) in [5, 5.41) is 0.970. The fraction of sp³-hybridized carbons (Fsp3) is 0.286. The largest absolute Gasteiger partial charge is 0.294 e. The molecule has 0 bridgehead atoms. The molecule has 4 nitrogen and oxygen atoms in total. The fourth-order valence-corrected chi connectivity index (χ4v) is 4.20. The molecule has 2 aromatic rings. The zero-order chi connectivity index (χ0) is 13.5. The highest BCUT2D eigenvalue weighted by Gasteiger charge is 2.33. The average Bonchev–Trinajstić information content (AvgIpc) is 2.78. The summed E-state index contributed by atoms with van der Waals surface area (Å²) in [6.45, 7) is 0. The smallest absolute Gasteiger partial charge is 0.167 e. The van der Waals surface area contributed by atoms with Crippen LogP contribution in [0.3, 0.4) is 0 Å². The van der Waals surface area contributed by atoms with E-state index in [9.17, 15) is 13.2 Å². The molecule has 5 heteroatoms. The van der Waals surface area contributed by atoms with Crippen molar-refractivity contribution in [1.29, 1.82) is 0 Å². The Morgan fingerprint density at radius 3 is 2.84 bits per heavy atom. The second-order valence-corrected chi connectivity index (χ2v) is 7.10. The van der Waals surface area contributed by atoms with E-state index in [2.05, 4.69) is 4.98 Å². The zero-order valence-corrected chi connectivity index (χ0v) is 11.1. The van der Waals surface area contributed by atoms with Crippen molar-refractivity contribution in [1.82, 2.24) is 4.98 Å². The summed E-state index contributed by atoms with van der Waals surface area (Å²) >= 11 is 0. The van der Waals surface area contributed by atoms with Crippen LogP contribution in [0.25, 0.3) is 10.9 Å². The Bertz CT molecular complexity index is 752. The summed E-state index contributed by atoms with van der Waals surface area (Å²) in [6.07, 6.45) is 2.11. The summed E-state index contributed by atoms with van der Waals surface area (Å²) in [7, 11) is -3.03. The van der Waals surface area contributed by atoms with Gasteiger partial charge in [-0.1, -0.05) is 18.2 Å². The molecule has 1 saturated heterocycles. The molecule has 0 aliphatic carbocycles. The van der Waals surface area contributed by atoms with Gasteiger partial charge in [0.05, 0.1) is 17.0 Å². The SMILES string of the molecule is O=C(c1ccc2cccnc2c1)C1CCS(=O)(=O)C1. The van der Waals surface area contributed by atoms with Gasteiger partial charge in [-0.2, -0.15) is 0 Å². The van der Waals surface area contributed by atoms with Gasteiger partial charge in [-0.05, 0) is 18.6 Å². The lowest BCUT2D eigenvalue weighted by Gasteiger charge is -2.07. The Kier molecular flexibility index (Phi) is 2.86. The fourth-order valence-electron chi connectivity index (χ4n) is 2.46. The first-order valence-corrected chi connectivity index (χ1v) is 7.97. The van der Waals surface area contributed by atoms with Crippen LogP contribution in [-0.2, 0) is 9.84 Å². The van der Waals surface area contributed by atoms with Crippen LogP contribution >= 0.6 is 0 Å². The molecule has 1 aliphatic rings. The van der Waals surface area contributed by atoms with E-state index >= 15 is 0 Å². The molecule has 1 aliphatic heterocycles. The maximum Gasteiger partial charge on any atom is 0.167 e. The van der Waals surface area contributed by atoms with Gasteiger partial charge < -0.3 is 0 Å². The topological polar surface area (TPSA) is 64.1 Å². The van der Waals surface area contributed by atoms with Crippen LogP contribution in [0.5, 0.6) is 0 Å². The van der Waals surface area contributed by atoms with E-state index in [1.54, 1.807) is 18.3 Å². The van der Waals surface area contributed by atoms with Crippen LogP contribution in [0.15, 0.2) is 36.5 Å². The number of benzene rings is 1. The van der Waals surface area contributed by atoms with E-state index in [1.165, 1.54) is 0 Å². The van der Waals surface area contributed by atoms with Gasteiger partial charge in [0.15, 0.2) is 15.6 Å². The first-order chi connectivity index (χ1) is 9.05. The molecule has 19 heavy (non-hydrogen) atoms. The second-order valence-electron chi connectivity index (χ2n) is 4.88. The van der Waals surface area contributed by atoms with Crippen LogP contribution < -0.4 is 0 Å². The zero-order valence-electron chi connectivity index (χ0n) is 10.2. The van der Waals surface area contributed by atoms with E-state index in [0.29, 0.717) is 12.0 Å². The van der Waals surface area contributed by atoms with Crippen LogP contribution in [-0.4, -0.2) is 30.7 Å². The van der Waals surface area contributed by atoms with Gasteiger partial charge in [-0.25, -0.2) is 8.42 Å². The molecule has 2 heterocycles. The van der Waals surface area contributed by atoms with Crippen molar-refractivity contribution in [2.45, 2.75) is 6.42 Å². The number of carbonyl (C=O) groups excluding carboxylic acids is 1. The molecule has 3 rings (SSSR count). The molecule has 0 spiro atoms. The van der Waals surface area contributed by atoms with Crippen LogP contribution in [0, 0.1) is 5.92 Å². The van der Waals surface area contributed by atoms with Crippen molar-refractivity contribution < 1.29 is 13.2 Å². The average molecular weight is 275 g/mol. The lowest BCUT2D eigenvalue weighted by Crippen LogP contribution is -2.16. The summed E-state index contributed by atoms with van der Waals surface area (Å²) in [6, 6.07) is 9.10. The van der Waals surface area contributed by atoms with Crippen molar-refractivity contribution in [3.05, 3.63) is 42.1 Å². The quantitative estimate of drug-likeness (QED) is 0.785. The van der Waals surface area contributed by atoms with Crippen molar-refractivity contribution in [2.75, 3.05) is 11.5 Å². The summed E-state index contributed by atoms with van der Waals surface area (Å²) in [5.74, 6) is -0.388. The minimum atomic E-state index is -3.03. The summed E-state index contributed by atoms with van der Waals surface area (Å²) < 4.78 is 22.8. The number of rotatable bonds is 2. The normalized spacial score (nSPS) is 21.6. The van der Waals surface area contributed by atoms with Crippen molar-refractivity contribution in [2.24, 2.45) is 5.92 Å². The first-order valence-electron chi connectivity index (χ1n) is 6.15. The number of carbonyl (C=O) groups is 1. The van der Waals surface area contributed by atoms with E-state index in [1.807, 2.05) is 18.2 Å². The third-order valence-electron chi connectivity index (χ3n) is 3.49. The predicted octanol–water partition coefficient (Wildman–Crippen LogP) is 1.85. The third kappa shape index (κ3) is 2.38. The molecule has 0 saturated carbocycles. The number of pyridine rings is 1. The highest BCUT2D eigenvalue weighted by atomic mass is 32.2. The Hall–Kier alpha value is -1.75. The molecular weight excluding hydrogens is 262 g/mol. The number of fused-ring (bicyclic) bond motifs is 1. The number of hydrogen-bond donors (Lipinski definition) is 0. The van der Waals surface area contributed by atoms with Crippen LogP contribution in [0.1, 0.15) is 16.8 Å². The molecule has 1 aromatic carbocycles. The molecular formula is C14H13NO3S. The Morgan fingerprint density at radius 1 is 1.26 bits per heavy atom. The highest BCUT2D eigenvalue weighted by Crippen LogP contribution is 2.24. The van der Waals surface area contributed by atoms with Gasteiger partial charge in [0.25, 0.3) is 0 Å². The summed E-state index contributed by atoms with van der Waals surface area (Å²) in [4.78, 5) is 16.5. The monoisotopic (exact) mass is 275 g/mol. The molecule has 98 valence electrons. The highest BCUT2D eigenvalue weighted by molar-refractivity contribution is 7.91. The van der Waals surface area contributed by atoms with Gasteiger partial charge in [0.2, 0.25) is 0 Å². The lowest BCUT2D eigenvalue weighted by molar-refractivity contribution is 0.0933. The van der Waals surface area contributed by atoms with E-state index in [4.69, 9.17) is 0 Å². The molecule has 1 unspecified atom stereocenters. The molecule has 0 radical (unpaired) electrons. The van der Waals surface area contributed by atoms with Crippen molar-refractivity contribution in [3.8, 4) is 0 Å². The maximum atomic E-state index is 12.3. The maximum absolute atomic E-state index is 12.3. The van der Waals surface area contributed by atoms with Gasteiger partial charge in [0.1, 0.15) is 0 Å². The number of ketones is 1. The van der Waals surface area contributed by atoms with Gasteiger partial charge in [0, 0.05) is 23.1 Å². The second kappa shape index (κ2) is 4.42. The molecule has 1 aromatic heterocycles. The number of Topliss-reactive ketones (excluding diaryl/α,β-unsaturated/α-hetero) is 1.